The molecule has 2 saturated heterocycles. The number of hydrazine groups is 1. The van der Waals surface area contributed by atoms with Gasteiger partial charge in [-0.1, -0.05) is 63.9 Å². The third-order valence-corrected chi connectivity index (χ3v) is 12.7. The molecule has 69 heavy (non-hydrogen) atoms. The number of aryl methyl sites for hydroxylation is 1. The third kappa shape index (κ3) is 13.6. The molecule has 0 spiro atoms. The Morgan fingerprint density at radius 3 is 2.35 bits per heavy atom. The minimum atomic E-state index is -1.05. The minimum Gasteiger partial charge on any atom is -0.464 e. The number of amides is 4. The van der Waals surface area contributed by atoms with Crippen LogP contribution in [0.25, 0.3) is 33.3 Å². The van der Waals surface area contributed by atoms with Crippen LogP contribution >= 0.6 is 54.0 Å². The van der Waals surface area contributed by atoms with E-state index in [2.05, 4.69) is 82.2 Å². The maximum absolute atomic E-state index is 14.7. The Bertz CT molecular complexity index is 2510. The highest BCUT2D eigenvalue weighted by atomic mass is 32.1. The molecule has 0 unspecified atom stereocenters. The summed E-state index contributed by atoms with van der Waals surface area (Å²) in [6, 6.07) is 11.7. The topological polar surface area (TPSA) is 162 Å². The molecule has 7 rings (SSSR count). The van der Waals surface area contributed by atoms with Crippen LogP contribution in [0.4, 0.5) is 0 Å². The quantitative estimate of drug-likeness (QED) is 0.186. The number of hydrogen-bond donors (Lipinski definition) is 2. The van der Waals surface area contributed by atoms with E-state index in [0.717, 1.165) is 44.4 Å². The molecule has 0 saturated carbocycles. The zero-order chi connectivity index (χ0) is 46.6. The third-order valence-electron chi connectivity index (χ3n) is 12.7. The minimum absolute atomic E-state index is 0. The van der Waals surface area contributed by atoms with E-state index >= 15 is 0 Å². The highest BCUT2D eigenvalue weighted by Gasteiger charge is 2.40. The van der Waals surface area contributed by atoms with Crippen LogP contribution in [-0.2, 0) is 48.1 Å². The van der Waals surface area contributed by atoms with Crippen LogP contribution in [0.5, 0.6) is 0 Å². The van der Waals surface area contributed by atoms with E-state index in [9.17, 15) is 24.0 Å². The number of fused-ring (bicyclic) bond motifs is 6. The van der Waals surface area contributed by atoms with Crippen LogP contribution in [0.15, 0.2) is 61.2 Å². The summed E-state index contributed by atoms with van der Waals surface area (Å²) in [7, 11) is 5.36. The summed E-state index contributed by atoms with van der Waals surface area (Å²) in [6.45, 7) is 12.3. The second kappa shape index (κ2) is 25.4. The first kappa shape index (κ1) is 58.6. The van der Waals surface area contributed by atoms with Gasteiger partial charge in [0.1, 0.15) is 24.5 Å². The molecule has 0 radical (unpaired) electrons. The van der Waals surface area contributed by atoms with Crippen LogP contribution in [0, 0.1) is 29.1 Å². The molecule has 0 aliphatic carbocycles. The van der Waals surface area contributed by atoms with E-state index in [0.29, 0.717) is 51.9 Å². The average Bonchev–Trinajstić information content (AvgIpc) is 3.90. The molecule has 3 aliphatic rings. The molecule has 4 amide bonds. The second-order valence-electron chi connectivity index (χ2n) is 19.1. The summed E-state index contributed by atoms with van der Waals surface area (Å²) in [6.07, 6.45) is 7.42. The van der Waals surface area contributed by atoms with Crippen molar-refractivity contribution in [2.24, 2.45) is 17.3 Å². The largest absolute Gasteiger partial charge is 0.464 e. The van der Waals surface area contributed by atoms with Gasteiger partial charge < -0.3 is 24.4 Å². The maximum Gasteiger partial charge on any atom is 0.324 e. The molecule has 6 bridgehead atoms. The fourth-order valence-corrected chi connectivity index (χ4v) is 9.48. The lowest BCUT2D eigenvalue weighted by atomic mass is 9.84. The summed E-state index contributed by atoms with van der Waals surface area (Å²) >= 11 is 0. The number of cyclic esters (lactones) is 1. The van der Waals surface area contributed by atoms with Gasteiger partial charge in [-0.05, 0) is 92.9 Å². The summed E-state index contributed by atoms with van der Waals surface area (Å²) in [5.74, 6) is 2.83. The van der Waals surface area contributed by atoms with Crippen molar-refractivity contribution in [2.75, 3.05) is 53.9 Å². The summed E-state index contributed by atoms with van der Waals surface area (Å²) in [5, 5.41) is 5.57. The highest BCUT2D eigenvalue weighted by molar-refractivity contribution is 7.59. The molecule has 15 nitrogen and oxygen atoms in total. The fraction of sp³-hybridized carbons (Fsp3) is 0.500. The molecule has 5 heterocycles. The lowest BCUT2D eigenvalue weighted by molar-refractivity contribution is -0.155. The molecule has 376 valence electrons. The molecule has 4 atom stereocenters. The van der Waals surface area contributed by atoms with Crippen LogP contribution in [-0.4, -0.2) is 136 Å². The Kier molecular flexibility index (Phi) is 21.6. The van der Waals surface area contributed by atoms with E-state index in [-0.39, 0.29) is 91.3 Å². The first-order valence-corrected chi connectivity index (χ1v) is 22.8. The summed E-state index contributed by atoms with van der Waals surface area (Å²) in [5.41, 5.74) is 9.52. The number of esters is 1. The Morgan fingerprint density at radius 2 is 1.67 bits per heavy atom. The molecular formula is C50H71N9O6S4. The van der Waals surface area contributed by atoms with Crippen LogP contribution < -0.4 is 10.7 Å². The van der Waals surface area contributed by atoms with E-state index < -0.39 is 47.2 Å². The average molecular weight is 1020 g/mol. The lowest BCUT2D eigenvalue weighted by Gasteiger charge is -2.37. The van der Waals surface area contributed by atoms with E-state index in [1.807, 2.05) is 63.4 Å². The fourth-order valence-electron chi connectivity index (χ4n) is 9.48. The van der Waals surface area contributed by atoms with Gasteiger partial charge in [-0.2, -0.15) is 54.0 Å². The van der Waals surface area contributed by atoms with Gasteiger partial charge in [-0.15, -0.1) is 0 Å². The zero-order valence-electron chi connectivity index (χ0n) is 41.0. The van der Waals surface area contributed by atoms with Crippen molar-refractivity contribution in [1.29, 1.82) is 0 Å². The van der Waals surface area contributed by atoms with Crippen LogP contribution in [0.2, 0.25) is 0 Å². The Balaban J connectivity index is 0.00000315. The van der Waals surface area contributed by atoms with Crippen molar-refractivity contribution >= 4 is 94.5 Å². The summed E-state index contributed by atoms with van der Waals surface area (Å²) in [4.78, 5) is 83.5. The molecular weight excluding hydrogens is 951 g/mol. The number of nitrogens with zero attached hydrogens (tertiary/aromatic N) is 7. The molecule has 3 aliphatic heterocycles. The van der Waals surface area contributed by atoms with Crippen molar-refractivity contribution in [2.45, 2.75) is 91.4 Å². The van der Waals surface area contributed by atoms with E-state index in [1.165, 1.54) is 16.2 Å². The number of nitrogens with one attached hydrogen (secondary N) is 2. The smallest absolute Gasteiger partial charge is 0.324 e. The van der Waals surface area contributed by atoms with E-state index in [4.69, 9.17) is 4.74 Å². The molecule has 19 heteroatoms. The van der Waals surface area contributed by atoms with Gasteiger partial charge in [0.2, 0.25) is 11.8 Å². The maximum atomic E-state index is 14.7. The van der Waals surface area contributed by atoms with Crippen molar-refractivity contribution < 1.29 is 28.7 Å². The van der Waals surface area contributed by atoms with Gasteiger partial charge in [-0.25, -0.2) is 15.4 Å². The zero-order valence-corrected chi connectivity index (χ0v) is 45.0. The first-order valence-electron chi connectivity index (χ1n) is 22.8. The molecule has 2 aromatic carbocycles. The van der Waals surface area contributed by atoms with Crippen molar-refractivity contribution in [3.05, 3.63) is 72.3 Å². The Hall–Kier alpha value is -4.71. The number of carbonyl (C=O) groups is 5. The number of ether oxygens (including phenoxy) is 1. The van der Waals surface area contributed by atoms with Gasteiger partial charge in [0, 0.05) is 73.9 Å². The van der Waals surface area contributed by atoms with Gasteiger partial charge >= 0.3 is 5.97 Å². The molecule has 4 aromatic rings. The number of benzene rings is 2. The number of aromatic nitrogens is 3. The summed E-state index contributed by atoms with van der Waals surface area (Å²) < 4.78 is 8.35. The first-order chi connectivity index (χ1) is 31.0. The van der Waals surface area contributed by atoms with Crippen LogP contribution in [0.3, 0.4) is 0 Å². The number of carbonyl (C=O) groups excluding carboxylic acids is 5. The normalized spacial score (nSPS) is 19.3. The van der Waals surface area contributed by atoms with Crippen molar-refractivity contribution in [3.8, 4) is 34.2 Å². The van der Waals surface area contributed by atoms with Gasteiger partial charge in [0.25, 0.3) is 11.8 Å². The number of likely N-dealkylation sites (tertiary alicyclic amines) is 1. The lowest BCUT2D eigenvalue weighted by Crippen LogP contribution is -2.62. The van der Waals surface area contributed by atoms with Gasteiger partial charge in [-0.3, -0.25) is 33.9 Å². The number of hydrogen-bond acceptors (Lipinski definition) is 10. The van der Waals surface area contributed by atoms with Crippen molar-refractivity contribution in [3.63, 3.8) is 0 Å². The standard InChI is InChI=1S/C50H63N9O6.4H2S/c1-9-58-42-18-17-35-25-38(42)39(45(58)37-27-51-31-52-28-37)26-50(4,5)30-65-49(64)40-15-11-21-59(54-40)48(63)41(24-33-13-10-14-34(35)23-33)53-46(61)44(32(2)3)56(8)47(62)36-19-22-57(29-36)43(60)16-12-20-55(6)7;;;;/h10,13-14,17-18,23,25,27-28,31-32,36,40-41,44,54H,9,11,15,19-22,24,26,29-30H2,1-8H3,(H,53,61);4*1H2/t36-,40-,41-,44-;;;;/m0..../s1. The number of likely N-dealkylation sites (N-methyl/N-ethyl adjacent to an activating group) is 1. The number of rotatable bonds is 8. The predicted octanol–water partition coefficient (Wildman–Crippen LogP) is 4.78. The second-order valence-corrected chi connectivity index (χ2v) is 19.1. The molecule has 2 fully saturated rings. The van der Waals surface area contributed by atoms with Gasteiger partial charge in [0.05, 0.1) is 24.8 Å². The van der Waals surface area contributed by atoms with Gasteiger partial charge in [0.15, 0.2) is 0 Å². The van der Waals surface area contributed by atoms with Crippen LogP contribution in [0.1, 0.15) is 65.0 Å². The highest BCUT2D eigenvalue weighted by Crippen LogP contribution is 2.40. The predicted molar refractivity (Wildman–Crippen MR) is 290 cm³/mol. The molecule has 2 aromatic heterocycles. The monoisotopic (exact) mass is 1020 g/mol. The van der Waals surface area contributed by atoms with Crippen molar-refractivity contribution in [1.82, 2.24) is 45.0 Å². The van der Waals surface area contributed by atoms with E-state index in [1.54, 1.807) is 11.9 Å². The Morgan fingerprint density at radius 1 is 0.957 bits per heavy atom. The SMILES string of the molecule is CCn1c(-c2cncnc2)c2c3cc(ccc31)-c1cccc(c1)C[C@H](NC(=O)[C@H](C(C)C)N(C)C(=O)[C@H]1CCN(C(=O)C#CCN(C)C)C1)C(=O)N1CCC[C@H](N1)C(=O)OCC(C)(C)C2.S.S.S.S. The molecule has 2 N–H and O–H groups in total. The Labute approximate surface area is 435 Å².